The van der Waals surface area contributed by atoms with Gasteiger partial charge in [0.25, 0.3) is 0 Å². The molecule has 6 heteroatoms. The van der Waals surface area contributed by atoms with Gasteiger partial charge in [0.05, 0.1) is 24.4 Å². The molecule has 0 saturated carbocycles. The van der Waals surface area contributed by atoms with Crippen LogP contribution in [0.4, 0.5) is 5.95 Å². The van der Waals surface area contributed by atoms with Crippen molar-refractivity contribution in [2.75, 3.05) is 11.9 Å². The van der Waals surface area contributed by atoms with E-state index in [4.69, 9.17) is 4.74 Å². The predicted molar refractivity (Wildman–Crippen MR) is 72.0 cm³/mol. The third-order valence-electron chi connectivity index (χ3n) is 2.34. The molecule has 0 aliphatic heterocycles. The number of thiazole rings is 1. The summed E-state index contributed by atoms with van der Waals surface area (Å²) in [6.07, 6.45) is 2.66. The van der Waals surface area contributed by atoms with Crippen LogP contribution in [-0.2, 0) is 6.54 Å². The fraction of sp³-hybridized carbons (Fsp3) is 0.417. The molecular formula is C12H16N4OS. The Morgan fingerprint density at radius 1 is 1.39 bits per heavy atom. The van der Waals surface area contributed by atoms with Crippen LogP contribution >= 0.6 is 11.3 Å². The highest BCUT2D eigenvalue weighted by atomic mass is 32.1. The van der Waals surface area contributed by atoms with E-state index in [1.807, 2.05) is 12.4 Å². The Balaban J connectivity index is 1.95. The van der Waals surface area contributed by atoms with Crippen molar-refractivity contribution in [3.05, 3.63) is 28.3 Å². The number of aromatic nitrogens is 3. The summed E-state index contributed by atoms with van der Waals surface area (Å²) < 4.78 is 5.46. The van der Waals surface area contributed by atoms with Crippen molar-refractivity contribution in [2.24, 2.45) is 0 Å². The van der Waals surface area contributed by atoms with E-state index >= 15 is 0 Å². The molecule has 0 aliphatic rings. The summed E-state index contributed by atoms with van der Waals surface area (Å²) in [6.45, 7) is 5.42. The number of nitrogens with zero attached hydrogens (tertiary/aromatic N) is 3. The van der Waals surface area contributed by atoms with Crippen LogP contribution in [0.5, 0.6) is 5.88 Å². The zero-order chi connectivity index (χ0) is 12.8. The molecule has 0 bridgehead atoms. The maximum absolute atomic E-state index is 5.46. The van der Waals surface area contributed by atoms with Crippen LogP contribution in [0.3, 0.4) is 0 Å². The highest BCUT2D eigenvalue weighted by molar-refractivity contribution is 7.09. The summed E-state index contributed by atoms with van der Waals surface area (Å²) in [5.74, 6) is 1.19. The average Bonchev–Trinajstić information content (AvgIpc) is 2.80. The Morgan fingerprint density at radius 3 is 3.00 bits per heavy atom. The standard InChI is InChI=1S/C12H16N4OS/c1-3-6-17-11-4-5-13-12(16-11)14-7-10-9(2)15-8-18-10/h4-5,8H,3,6-7H2,1-2H3,(H,13,14,16). The van der Waals surface area contributed by atoms with Gasteiger partial charge in [0.1, 0.15) is 0 Å². The van der Waals surface area contributed by atoms with E-state index in [0.717, 1.165) is 12.1 Å². The predicted octanol–water partition coefficient (Wildman–Crippen LogP) is 2.64. The van der Waals surface area contributed by atoms with E-state index in [-0.39, 0.29) is 0 Å². The van der Waals surface area contributed by atoms with E-state index in [2.05, 4.69) is 27.2 Å². The van der Waals surface area contributed by atoms with Gasteiger partial charge in [-0.1, -0.05) is 6.92 Å². The van der Waals surface area contributed by atoms with Crippen LogP contribution in [0.1, 0.15) is 23.9 Å². The molecule has 0 radical (unpaired) electrons. The molecule has 0 unspecified atom stereocenters. The minimum Gasteiger partial charge on any atom is -0.478 e. The van der Waals surface area contributed by atoms with Crippen LogP contribution in [0.25, 0.3) is 0 Å². The van der Waals surface area contributed by atoms with Crippen molar-refractivity contribution in [2.45, 2.75) is 26.8 Å². The normalized spacial score (nSPS) is 10.3. The minimum atomic E-state index is 0.580. The van der Waals surface area contributed by atoms with Gasteiger partial charge in [-0.2, -0.15) is 4.98 Å². The lowest BCUT2D eigenvalue weighted by atomic mass is 10.4. The van der Waals surface area contributed by atoms with Gasteiger partial charge in [0.15, 0.2) is 0 Å². The fourth-order valence-corrected chi connectivity index (χ4v) is 2.09. The first-order chi connectivity index (χ1) is 8.79. The first-order valence-corrected chi connectivity index (χ1v) is 6.76. The average molecular weight is 264 g/mol. The molecule has 0 fully saturated rings. The first-order valence-electron chi connectivity index (χ1n) is 5.88. The van der Waals surface area contributed by atoms with Gasteiger partial charge in [-0.05, 0) is 13.3 Å². The fourth-order valence-electron chi connectivity index (χ4n) is 1.37. The van der Waals surface area contributed by atoms with Crippen molar-refractivity contribution in [3.63, 3.8) is 0 Å². The molecule has 1 N–H and O–H groups in total. The van der Waals surface area contributed by atoms with Crippen LogP contribution in [0.2, 0.25) is 0 Å². The van der Waals surface area contributed by atoms with Crippen LogP contribution in [0, 0.1) is 6.92 Å². The number of ether oxygens (including phenoxy) is 1. The lowest BCUT2D eigenvalue weighted by molar-refractivity contribution is 0.305. The second-order valence-corrected chi connectivity index (χ2v) is 4.72. The molecule has 0 atom stereocenters. The molecule has 2 aromatic heterocycles. The summed E-state index contributed by atoms with van der Waals surface area (Å²) in [7, 11) is 0. The van der Waals surface area contributed by atoms with Crippen LogP contribution < -0.4 is 10.1 Å². The van der Waals surface area contributed by atoms with E-state index in [9.17, 15) is 0 Å². The highest BCUT2D eigenvalue weighted by Gasteiger charge is 2.03. The number of rotatable bonds is 6. The summed E-state index contributed by atoms with van der Waals surface area (Å²) in [5.41, 5.74) is 2.89. The van der Waals surface area contributed by atoms with Gasteiger partial charge in [0, 0.05) is 17.1 Å². The minimum absolute atomic E-state index is 0.580. The largest absolute Gasteiger partial charge is 0.478 e. The van der Waals surface area contributed by atoms with Gasteiger partial charge in [0.2, 0.25) is 11.8 Å². The molecule has 0 amide bonds. The zero-order valence-corrected chi connectivity index (χ0v) is 11.3. The van der Waals surface area contributed by atoms with Gasteiger partial charge in [-0.25, -0.2) is 9.97 Å². The maximum atomic E-state index is 5.46. The number of anilines is 1. The van der Waals surface area contributed by atoms with Crippen molar-refractivity contribution < 1.29 is 4.74 Å². The Kier molecular flexibility index (Phi) is 4.46. The van der Waals surface area contributed by atoms with Crippen LogP contribution in [0.15, 0.2) is 17.8 Å². The lowest BCUT2D eigenvalue weighted by Gasteiger charge is -2.06. The molecule has 0 aliphatic carbocycles. The molecule has 0 saturated heterocycles. The first kappa shape index (κ1) is 12.8. The van der Waals surface area contributed by atoms with Crippen molar-refractivity contribution >= 4 is 17.3 Å². The molecule has 18 heavy (non-hydrogen) atoms. The van der Waals surface area contributed by atoms with E-state index in [1.54, 1.807) is 23.6 Å². The maximum Gasteiger partial charge on any atom is 0.226 e. The second-order valence-electron chi connectivity index (χ2n) is 3.78. The molecular weight excluding hydrogens is 248 g/mol. The van der Waals surface area contributed by atoms with E-state index < -0.39 is 0 Å². The van der Waals surface area contributed by atoms with E-state index in [0.29, 0.717) is 25.0 Å². The summed E-state index contributed by atoms with van der Waals surface area (Å²) in [4.78, 5) is 13.8. The molecule has 2 aromatic rings. The topological polar surface area (TPSA) is 59.9 Å². The van der Waals surface area contributed by atoms with Gasteiger partial charge < -0.3 is 10.1 Å². The Hall–Kier alpha value is -1.69. The number of aryl methyl sites for hydroxylation is 1. The van der Waals surface area contributed by atoms with Crippen LogP contribution in [-0.4, -0.2) is 21.6 Å². The highest BCUT2D eigenvalue weighted by Crippen LogP contribution is 2.14. The smallest absolute Gasteiger partial charge is 0.226 e. The van der Waals surface area contributed by atoms with Crippen molar-refractivity contribution in [3.8, 4) is 5.88 Å². The molecule has 0 aromatic carbocycles. The Bertz CT molecular complexity index is 500. The SMILES string of the molecule is CCCOc1ccnc(NCc2scnc2C)n1. The number of hydrogen-bond acceptors (Lipinski definition) is 6. The summed E-state index contributed by atoms with van der Waals surface area (Å²) >= 11 is 1.63. The monoisotopic (exact) mass is 264 g/mol. The second kappa shape index (κ2) is 6.30. The third kappa shape index (κ3) is 3.40. The molecule has 2 rings (SSSR count). The summed E-state index contributed by atoms with van der Waals surface area (Å²) in [5, 5.41) is 3.17. The van der Waals surface area contributed by atoms with E-state index in [1.165, 1.54) is 4.88 Å². The Labute approximate surface area is 110 Å². The molecule has 0 spiro atoms. The van der Waals surface area contributed by atoms with Crippen molar-refractivity contribution in [1.29, 1.82) is 0 Å². The Morgan fingerprint density at radius 2 is 2.28 bits per heavy atom. The van der Waals surface area contributed by atoms with Gasteiger partial charge in [-0.15, -0.1) is 11.3 Å². The van der Waals surface area contributed by atoms with Gasteiger partial charge >= 0.3 is 0 Å². The lowest BCUT2D eigenvalue weighted by Crippen LogP contribution is -2.05. The molecule has 5 nitrogen and oxygen atoms in total. The number of hydrogen-bond donors (Lipinski definition) is 1. The quantitative estimate of drug-likeness (QED) is 0.869. The zero-order valence-electron chi connectivity index (χ0n) is 10.5. The summed E-state index contributed by atoms with van der Waals surface area (Å²) in [6, 6.07) is 1.76. The molecule has 2 heterocycles. The third-order valence-corrected chi connectivity index (χ3v) is 3.27. The molecule has 96 valence electrons. The van der Waals surface area contributed by atoms with Crippen molar-refractivity contribution in [1.82, 2.24) is 15.0 Å². The number of nitrogens with one attached hydrogen (secondary N) is 1. The van der Waals surface area contributed by atoms with Gasteiger partial charge in [-0.3, -0.25) is 0 Å².